The average Bonchev–Trinajstić information content (AvgIpc) is 3.15. The highest BCUT2D eigenvalue weighted by atomic mass is 35.5. The van der Waals surface area contributed by atoms with Gasteiger partial charge in [0.25, 0.3) is 5.91 Å². The maximum absolute atomic E-state index is 12.4. The predicted octanol–water partition coefficient (Wildman–Crippen LogP) is 4.03. The third-order valence-corrected chi connectivity index (χ3v) is 6.28. The van der Waals surface area contributed by atoms with E-state index in [1.807, 2.05) is 26.0 Å². The Balaban J connectivity index is 1.67. The van der Waals surface area contributed by atoms with Gasteiger partial charge in [0, 0.05) is 23.0 Å². The summed E-state index contributed by atoms with van der Waals surface area (Å²) in [4.78, 5) is 32.5. The predicted molar refractivity (Wildman–Crippen MR) is 110 cm³/mol. The van der Waals surface area contributed by atoms with E-state index in [0.717, 1.165) is 21.5 Å². The van der Waals surface area contributed by atoms with Gasteiger partial charge in [-0.2, -0.15) is 0 Å². The number of aryl methyl sites for hydroxylation is 2. The molecule has 0 aliphatic rings. The Morgan fingerprint density at radius 3 is 2.70 bits per heavy atom. The molecule has 9 heteroatoms. The molecule has 6 nitrogen and oxygen atoms in total. The Bertz CT molecular complexity index is 1030. The Morgan fingerprint density at radius 2 is 2.04 bits per heavy atom. The number of thiophene rings is 2. The standard InChI is InChI=1S/C18H18ClN3O3S2/c1-9-6-10(2)21-17-14(9)15(20)16(27-17)18(24)25-8-13(23)22(3)7-11-4-5-12(19)26-11/h4-6H,7-8,20H2,1-3H3. The van der Waals surface area contributed by atoms with Crippen molar-refractivity contribution in [1.82, 2.24) is 9.88 Å². The van der Waals surface area contributed by atoms with Crippen LogP contribution in [0.2, 0.25) is 4.34 Å². The van der Waals surface area contributed by atoms with Gasteiger partial charge in [-0.25, -0.2) is 9.78 Å². The molecule has 2 N–H and O–H groups in total. The van der Waals surface area contributed by atoms with Crippen LogP contribution in [-0.2, 0) is 16.1 Å². The number of nitrogen functional groups attached to an aromatic ring is 1. The first-order valence-corrected chi connectivity index (χ1v) is 10.1. The first kappa shape index (κ1) is 19.6. The summed E-state index contributed by atoms with van der Waals surface area (Å²) in [7, 11) is 1.65. The number of carbonyl (C=O) groups excluding carboxylic acids is 2. The number of carbonyl (C=O) groups is 2. The second-order valence-electron chi connectivity index (χ2n) is 6.14. The number of amides is 1. The smallest absolute Gasteiger partial charge is 0.351 e. The number of hydrogen-bond donors (Lipinski definition) is 1. The van der Waals surface area contributed by atoms with Gasteiger partial charge in [0.15, 0.2) is 6.61 Å². The number of anilines is 1. The molecule has 142 valence electrons. The van der Waals surface area contributed by atoms with Crippen molar-refractivity contribution >= 4 is 62.1 Å². The highest BCUT2D eigenvalue weighted by molar-refractivity contribution is 7.21. The summed E-state index contributed by atoms with van der Waals surface area (Å²) in [6, 6.07) is 5.55. The van der Waals surface area contributed by atoms with Gasteiger partial charge < -0.3 is 15.4 Å². The van der Waals surface area contributed by atoms with Crippen LogP contribution in [0.1, 0.15) is 25.8 Å². The molecule has 3 rings (SSSR count). The summed E-state index contributed by atoms with van der Waals surface area (Å²) in [6.07, 6.45) is 0. The van der Waals surface area contributed by atoms with Crippen LogP contribution >= 0.6 is 34.3 Å². The summed E-state index contributed by atoms with van der Waals surface area (Å²) in [5.41, 5.74) is 8.28. The molecule has 0 unspecified atom stereocenters. The fourth-order valence-electron chi connectivity index (χ4n) is 2.68. The Labute approximate surface area is 169 Å². The summed E-state index contributed by atoms with van der Waals surface area (Å²) < 4.78 is 5.85. The lowest BCUT2D eigenvalue weighted by Gasteiger charge is -2.16. The summed E-state index contributed by atoms with van der Waals surface area (Å²) in [5, 5.41) is 0.760. The third-order valence-electron chi connectivity index (χ3n) is 3.98. The molecule has 0 fully saturated rings. The Morgan fingerprint density at radius 1 is 1.30 bits per heavy atom. The minimum atomic E-state index is -0.617. The van der Waals surface area contributed by atoms with E-state index in [-0.39, 0.29) is 17.4 Å². The van der Waals surface area contributed by atoms with Gasteiger partial charge in [0.05, 0.1) is 16.6 Å². The van der Waals surface area contributed by atoms with Crippen molar-refractivity contribution in [3.05, 3.63) is 43.5 Å². The van der Waals surface area contributed by atoms with Gasteiger partial charge in [-0.1, -0.05) is 11.6 Å². The lowest BCUT2D eigenvalue weighted by atomic mass is 10.1. The van der Waals surface area contributed by atoms with Crippen LogP contribution in [-0.4, -0.2) is 35.4 Å². The topological polar surface area (TPSA) is 85.5 Å². The van der Waals surface area contributed by atoms with E-state index < -0.39 is 5.97 Å². The van der Waals surface area contributed by atoms with Crippen molar-refractivity contribution in [3.63, 3.8) is 0 Å². The van der Waals surface area contributed by atoms with E-state index in [1.54, 1.807) is 13.1 Å². The maximum atomic E-state index is 12.4. The molecule has 0 bridgehead atoms. The molecule has 0 atom stereocenters. The van der Waals surface area contributed by atoms with Crippen molar-refractivity contribution < 1.29 is 14.3 Å². The van der Waals surface area contributed by atoms with Crippen molar-refractivity contribution in [1.29, 1.82) is 0 Å². The van der Waals surface area contributed by atoms with Crippen molar-refractivity contribution in [3.8, 4) is 0 Å². The normalized spacial score (nSPS) is 11.0. The highest BCUT2D eigenvalue weighted by Gasteiger charge is 2.21. The number of pyridine rings is 1. The molecule has 3 aromatic rings. The summed E-state index contributed by atoms with van der Waals surface area (Å²) in [6.45, 7) is 3.86. The molecule has 0 aromatic carbocycles. The van der Waals surface area contributed by atoms with Crippen LogP contribution in [0.25, 0.3) is 10.2 Å². The van der Waals surface area contributed by atoms with Crippen LogP contribution in [0.3, 0.4) is 0 Å². The molecule has 3 heterocycles. The number of fused-ring (bicyclic) bond motifs is 1. The number of ether oxygens (including phenoxy) is 1. The zero-order valence-corrected chi connectivity index (χ0v) is 17.4. The molecule has 0 saturated heterocycles. The van der Waals surface area contributed by atoms with E-state index in [0.29, 0.717) is 21.4 Å². The fraction of sp³-hybridized carbons (Fsp3) is 0.278. The molecular formula is C18H18ClN3O3S2. The van der Waals surface area contributed by atoms with Crippen LogP contribution in [0, 0.1) is 13.8 Å². The van der Waals surface area contributed by atoms with Crippen LogP contribution in [0.15, 0.2) is 18.2 Å². The molecular weight excluding hydrogens is 406 g/mol. The van der Waals surface area contributed by atoms with E-state index in [4.69, 9.17) is 22.1 Å². The van der Waals surface area contributed by atoms with Gasteiger partial charge in [-0.05, 0) is 37.6 Å². The zero-order valence-electron chi connectivity index (χ0n) is 15.0. The summed E-state index contributed by atoms with van der Waals surface area (Å²) >= 11 is 8.47. The minimum absolute atomic E-state index is 0.270. The van der Waals surface area contributed by atoms with Gasteiger partial charge >= 0.3 is 5.97 Å². The monoisotopic (exact) mass is 423 g/mol. The average molecular weight is 424 g/mol. The molecule has 0 spiro atoms. The number of aromatic nitrogens is 1. The number of nitrogens with two attached hydrogens (primary N) is 1. The van der Waals surface area contributed by atoms with Crippen molar-refractivity contribution in [2.24, 2.45) is 0 Å². The quantitative estimate of drug-likeness (QED) is 0.626. The van der Waals surface area contributed by atoms with E-state index in [9.17, 15) is 9.59 Å². The lowest BCUT2D eigenvalue weighted by molar-refractivity contribution is -0.133. The Hall–Kier alpha value is -2.16. The zero-order chi connectivity index (χ0) is 19.7. The van der Waals surface area contributed by atoms with Gasteiger partial charge in [-0.15, -0.1) is 22.7 Å². The third kappa shape index (κ3) is 4.23. The van der Waals surface area contributed by atoms with E-state index in [1.165, 1.54) is 27.6 Å². The fourth-order valence-corrected chi connectivity index (χ4v) is 4.93. The van der Waals surface area contributed by atoms with Crippen LogP contribution < -0.4 is 5.73 Å². The molecule has 0 aliphatic carbocycles. The maximum Gasteiger partial charge on any atom is 0.351 e. The second kappa shape index (κ2) is 7.84. The molecule has 0 radical (unpaired) electrons. The highest BCUT2D eigenvalue weighted by Crippen LogP contribution is 2.35. The van der Waals surface area contributed by atoms with Gasteiger partial charge in [-0.3, -0.25) is 4.79 Å². The largest absolute Gasteiger partial charge is 0.451 e. The summed E-state index contributed by atoms with van der Waals surface area (Å²) in [5.74, 6) is -0.925. The van der Waals surface area contributed by atoms with Crippen LogP contribution in [0.4, 0.5) is 5.69 Å². The molecule has 27 heavy (non-hydrogen) atoms. The van der Waals surface area contributed by atoms with Crippen LogP contribution in [0.5, 0.6) is 0 Å². The Kier molecular flexibility index (Phi) is 5.69. The number of halogens is 1. The second-order valence-corrected chi connectivity index (χ2v) is 8.94. The number of nitrogens with zero attached hydrogens (tertiary/aromatic N) is 2. The van der Waals surface area contributed by atoms with Gasteiger partial charge in [0.2, 0.25) is 0 Å². The SMILES string of the molecule is Cc1cc(C)c2c(N)c(C(=O)OCC(=O)N(C)Cc3ccc(Cl)s3)sc2n1. The van der Waals surface area contributed by atoms with E-state index in [2.05, 4.69) is 4.98 Å². The number of rotatable bonds is 5. The molecule has 0 saturated carbocycles. The first-order chi connectivity index (χ1) is 12.8. The lowest BCUT2D eigenvalue weighted by Crippen LogP contribution is -2.30. The molecule has 3 aromatic heterocycles. The molecule has 1 amide bonds. The molecule has 0 aliphatic heterocycles. The van der Waals surface area contributed by atoms with E-state index >= 15 is 0 Å². The number of esters is 1. The first-order valence-electron chi connectivity index (χ1n) is 8.07. The van der Waals surface area contributed by atoms with Crippen molar-refractivity contribution in [2.45, 2.75) is 20.4 Å². The number of likely N-dealkylation sites (N-methyl/N-ethyl adjacent to an activating group) is 1. The minimum Gasteiger partial charge on any atom is -0.451 e. The number of hydrogen-bond acceptors (Lipinski definition) is 7. The van der Waals surface area contributed by atoms with Crippen molar-refractivity contribution in [2.75, 3.05) is 19.4 Å². The van der Waals surface area contributed by atoms with Gasteiger partial charge in [0.1, 0.15) is 9.71 Å².